The van der Waals surface area contributed by atoms with Gasteiger partial charge in [-0.25, -0.2) is 16.8 Å². The molecule has 1 fully saturated rings. The van der Waals surface area contributed by atoms with Crippen LogP contribution < -0.4 is 0 Å². The summed E-state index contributed by atoms with van der Waals surface area (Å²) in [4.78, 5) is 38.5. The molecular formula is C18H16F4N8O12S2. The standard InChI is InChI=1S/C18H16F4N8O12S2/c19-27(20)17(28(21)22)9-23(43(39,40)15-5-1-13(2-6-15)25(31)32)11-18(29(35)36,30(37)38)12-24(10-17)44(41,42)16-7-3-14(4-8-16)26(33)34/h1-8H,9-12H2. The van der Waals surface area contributed by atoms with E-state index in [-0.39, 0.29) is 0 Å². The largest absolute Gasteiger partial charge is 0.484 e. The maximum atomic E-state index is 14.3. The van der Waals surface area contributed by atoms with E-state index in [1.165, 1.54) is 0 Å². The van der Waals surface area contributed by atoms with Crippen LogP contribution in [0.4, 0.5) is 29.3 Å². The van der Waals surface area contributed by atoms with E-state index in [1.54, 1.807) is 0 Å². The lowest BCUT2D eigenvalue weighted by Gasteiger charge is -2.42. The topological polar surface area (TPSA) is 254 Å². The highest BCUT2D eigenvalue weighted by molar-refractivity contribution is 7.89. The number of hydrogen-bond acceptors (Lipinski definition) is 14. The molecule has 1 aliphatic heterocycles. The second kappa shape index (κ2) is 11.9. The molecule has 240 valence electrons. The van der Waals surface area contributed by atoms with Crippen molar-refractivity contribution in [3.63, 3.8) is 0 Å². The molecule has 0 unspecified atom stereocenters. The van der Waals surface area contributed by atoms with Crippen molar-refractivity contribution in [2.75, 3.05) is 26.2 Å². The van der Waals surface area contributed by atoms with Gasteiger partial charge in [-0.3, -0.25) is 40.5 Å². The predicted molar refractivity (Wildman–Crippen MR) is 131 cm³/mol. The summed E-state index contributed by atoms with van der Waals surface area (Å²) in [5.41, 5.74) is -9.58. The molecule has 0 radical (unpaired) electrons. The minimum Gasteiger partial charge on any atom is -0.258 e. The molecule has 2 aromatic rings. The van der Waals surface area contributed by atoms with Crippen molar-refractivity contribution < 1.29 is 54.5 Å². The van der Waals surface area contributed by atoms with E-state index in [4.69, 9.17) is 0 Å². The number of nitrogens with zero attached hydrogens (tertiary/aromatic N) is 8. The summed E-state index contributed by atoms with van der Waals surface area (Å²) in [5.74, 6) is 0. The molecule has 0 aliphatic carbocycles. The molecule has 0 aromatic heterocycles. The number of rotatable bonds is 10. The Labute approximate surface area is 241 Å². The number of nitro groups is 4. The van der Waals surface area contributed by atoms with Gasteiger partial charge in [0.25, 0.3) is 11.4 Å². The molecule has 0 spiro atoms. The van der Waals surface area contributed by atoms with Gasteiger partial charge in [-0.2, -0.15) is 8.61 Å². The van der Waals surface area contributed by atoms with E-state index < -0.39 is 118 Å². The molecule has 3 rings (SSSR count). The molecule has 26 heteroatoms. The molecule has 1 aliphatic rings. The van der Waals surface area contributed by atoms with Gasteiger partial charge in [0.05, 0.1) is 32.7 Å². The van der Waals surface area contributed by atoms with Crippen molar-refractivity contribution in [2.24, 2.45) is 0 Å². The number of hydrogen-bond donors (Lipinski definition) is 0. The van der Waals surface area contributed by atoms with Gasteiger partial charge in [-0.1, -0.05) is 17.9 Å². The average molecular weight is 676 g/mol. The van der Waals surface area contributed by atoms with Crippen LogP contribution in [0.2, 0.25) is 0 Å². The van der Waals surface area contributed by atoms with E-state index in [0.717, 1.165) is 0 Å². The van der Waals surface area contributed by atoms with Crippen LogP contribution in [0.1, 0.15) is 0 Å². The molecular weight excluding hydrogens is 660 g/mol. The van der Waals surface area contributed by atoms with Gasteiger partial charge in [0, 0.05) is 35.0 Å². The fourth-order valence-electron chi connectivity index (χ4n) is 4.03. The molecule has 44 heavy (non-hydrogen) atoms. The SMILES string of the molecule is O=[N+]([O-])c1ccc(S(=O)(=O)N2CC(N(F)F)(N(F)F)CN(S(=O)(=O)c3ccc([N+](=O)[O-])cc3)CC([N+](=O)[O-])([N+](=O)[O-])C2)cc1. The number of non-ortho nitro benzene ring substituents is 2. The van der Waals surface area contributed by atoms with Gasteiger partial charge in [-0.05, 0) is 24.3 Å². The lowest BCUT2D eigenvalue weighted by atomic mass is 10.1. The highest BCUT2D eigenvalue weighted by Gasteiger charge is 2.66. The fraction of sp³-hybridized carbons (Fsp3) is 0.333. The molecule has 2 aromatic carbocycles. The Morgan fingerprint density at radius 1 is 0.591 bits per heavy atom. The van der Waals surface area contributed by atoms with Crippen molar-refractivity contribution in [2.45, 2.75) is 21.1 Å². The van der Waals surface area contributed by atoms with Gasteiger partial charge in [0.2, 0.25) is 25.7 Å². The van der Waals surface area contributed by atoms with Gasteiger partial charge in [-0.15, -0.1) is 0 Å². The second-order valence-corrected chi connectivity index (χ2v) is 12.9. The first-order chi connectivity index (χ1) is 20.2. The maximum absolute atomic E-state index is 14.3. The first kappa shape index (κ1) is 34.0. The Morgan fingerprint density at radius 3 is 1.11 bits per heavy atom. The van der Waals surface area contributed by atoms with Crippen molar-refractivity contribution >= 4 is 31.4 Å². The first-order valence-corrected chi connectivity index (χ1v) is 14.1. The highest BCUT2D eigenvalue weighted by atomic mass is 32.2. The van der Waals surface area contributed by atoms with E-state index in [9.17, 15) is 75.2 Å². The summed E-state index contributed by atoms with van der Waals surface area (Å²) in [6, 6.07) is 4.37. The van der Waals surface area contributed by atoms with Crippen LogP contribution >= 0.6 is 0 Å². The van der Waals surface area contributed by atoms with E-state index in [2.05, 4.69) is 0 Å². The predicted octanol–water partition coefficient (Wildman–Crippen LogP) is 1.29. The summed E-state index contributed by atoms with van der Waals surface area (Å²) in [6.07, 6.45) is 0. The van der Waals surface area contributed by atoms with Crippen molar-refractivity contribution in [1.29, 1.82) is 0 Å². The summed E-state index contributed by atoms with van der Waals surface area (Å²) >= 11 is 0. The average Bonchev–Trinajstić information content (AvgIpc) is 2.92. The van der Waals surface area contributed by atoms with Gasteiger partial charge < -0.3 is 0 Å². The molecule has 0 saturated carbocycles. The third-order valence-corrected chi connectivity index (χ3v) is 10.0. The Balaban J connectivity index is 2.29. The van der Waals surface area contributed by atoms with E-state index in [0.29, 0.717) is 48.5 Å². The third kappa shape index (κ3) is 5.97. The van der Waals surface area contributed by atoms with E-state index >= 15 is 0 Å². The molecule has 1 saturated heterocycles. The van der Waals surface area contributed by atoms with Crippen LogP contribution in [0.15, 0.2) is 58.3 Å². The first-order valence-electron chi connectivity index (χ1n) is 11.2. The molecule has 1 heterocycles. The summed E-state index contributed by atoms with van der Waals surface area (Å²) in [5, 5.41) is 41.5. The van der Waals surface area contributed by atoms with Crippen LogP contribution in [-0.2, 0) is 20.0 Å². The van der Waals surface area contributed by atoms with Gasteiger partial charge in [0.1, 0.15) is 9.85 Å². The van der Waals surface area contributed by atoms with Crippen LogP contribution in [0, 0.1) is 40.5 Å². The zero-order valence-corrected chi connectivity index (χ0v) is 22.9. The summed E-state index contributed by atoms with van der Waals surface area (Å²) in [6.45, 7) is -8.66. The zero-order valence-electron chi connectivity index (χ0n) is 21.3. The molecule has 0 bridgehead atoms. The quantitative estimate of drug-likeness (QED) is 0.113. The summed E-state index contributed by atoms with van der Waals surface area (Å²) < 4.78 is 110. The van der Waals surface area contributed by atoms with Crippen molar-refractivity contribution in [3.05, 3.63) is 89.0 Å². The minimum absolute atomic E-state index is 0.464. The van der Waals surface area contributed by atoms with Gasteiger partial charge in [0.15, 0.2) is 13.1 Å². The number of nitro benzene ring substituents is 2. The lowest BCUT2D eigenvalue weighted by molar-refractivity contribution is -0.794. The molecule has 20 nitrogen and oxygen atoms in total. The Hall–Kier alpha value is -4.50. The molecule has 0 atom stereocenters. The summed E-state index contributed by atoms with van der Waals surface area (Å²) in [7, 11) is -11.0. The Bertz CT molecular complexity index is 1570. The Morgan fingerprint density at radius 2 is 0.886 bits per heavy atom. The second-order valence-electron chi connectivity index (χ2n) is 8.99. The molecule has 0 N–H and O–H groups in total. The number of sulfonamides is 2. The molecule has 0 amide bonds. The third-order valence-electron chi connectivity index (χ3n) is 6.40. The number of halogens is 4. The maximum Gasteiger partial charge on any atom is 0.484 e. The monoisotopic (exact) mass is 676 g/mol. The van der Waals surface area contributed by atoms with Crippen LogP contribution in [-0.4, -0.2) is 93.3 Å². The zero-order chi connectivity index (χ0) is 33.4. The van der Waals surface area contributed by atoms with E-state index in [1.807, 2.05) is 0 Å². The smallest absolute Gasteiger partial charge is 0.258 e. The fourth-order valence-corrected chi connectivity index (χ4v) is 7.09. The Kier molecular flexibility index (Phi) is 9.18. The van der Waals surface area contributed by atoms with Gasteiger partial charge >= 0.3 is 5.66 Å². The van der Waals surface area contributed by atoms with Crippen LogP contribution in [0.25, 0.3) is 0 Å². The number of benzene rings is 2. The van der Waals surface area contributed by atoms with Crippen molar-refractivity contribution in [1.82, 2.24) is 19.3 Å². The highest BCUT2D eigenvalue weighted by Crippen LogP contribution is 2.36. The van der Waals surface area contributed by atoms with Crippen molar-refractivity contribution in [3.8, 4) is 0 Å². The normalized spacial score (nSPS) is 18.0. The van der Waals surface area contributed by atoms with Crippen LogP contribution in [0.3, 0.4) is 0 Å². The lowest BCUT2D eigenvalue weighted by Crippen LogP contribution is -2.71. The minimum atomic E-state index is -5.49. The van der Waals surface area contributed by atoms with Crippen LogP contribution in [0.5, 0.6) is 0 Å².